The highest BCUT2D eigenvalue weighted by Gasteiger charge is 2.25. The van der Waals surface area contributed by atoms with E-state index in [-0.39, 0.29) is 24.3 Å². The molecule has 0 unspecified atom stereocenters. The average molecular weight is 246 g/mol. The molecule has 1 aliphatic rings. The summed E-state index contributed by atoms with van der Waals surface area (Å²) in [5, 5.41) is 0. The van der Waals surface area contributed by atoms with E-state index < -0.39 is 0 Å². The first-order valence-corrected chi connectivity index (χ1v) is 5.29. The standard InChI is InChI=1S/C12H16FNO.ClH/c1-15-9-4-5-10(11(13)7-9)12(14)6-8-2-3-8;/h4-5,7-8,12H,2-3,6,14H2,1H3;1H/t12-;/m1./s1. The molecule has 0 heterocycles. The Morgan fingerprint density at radius 2 is 2.19 bits per heavy atom. The average Bonchev–Trinajstić information content (AvgIpc) is 3.01. The van der Waals surface area contributed by atoms with Crippen LogP contribution in [0.2, 0.25) is 0 Å². The molecule has 1 aliphatic carbocycles. The summed E-state index contributed by atoms with van der Waals surface area (Å²) < 4.78 is 18.5. The molecule has 1 saturated carbocycles. The van der Waals surface area contributed by atoms with Crippen LogP contribution in [0.5, 0.6) is 5.75 Å². The monoisotopic (exact) mass is 245 g/mol. The fraction of sp³-hybridized carbons (Fsp3) is 0.500. The third-order valence-electron chi connectivity index (χ3n) is 2.89. The molecule has 0 aliphatic heterocycles. The number of rotatable bonds is 4. The second-order valence-corrected chi connectivity index (χ2v) is 4.17. The van der Waals surface area contributed by atoms with Crippen LogP contribution in [-0.2, 0) is 0 Å². The van der Waals surface area contributed by atoms with Crippen molar-refractivity contribution >= 4 is 12.4 Å². The lowest BCUT2D eigenvalue weighted by atomic mass is 10.0. The van der Waals surface area contributed by atoms with Crippen molar-refractivity contribution in [3.05, 3.63) is 29.6 Å². The highest BCUT2D eigenvalue weighted by molar-refractivity contribution is 5.85. The van der Waals surface area contributed by atoms with Crippen molar-refractivity contribution in [2.24, 2.45) is 11.7 Å². The molecule has 0 amide bonds. The Morgan fingerprint density at radius 1 is 1.50 bits per heavy atom. The summed E-state index contributed by atoms with van der Waals surface area (Å²) in [4.78, 5) is 0. The zero-order chi connectivity index (χ0) is 10.8. The lowest BCUT2D eigenvalue weighted by Gasteiger charge is -2.13. The molecule has 4 heteroatoms. The minimum atomic E-state index is -0.262. The van der Waals surface area contributed by atoms with Crippen LogP contribution in [0.1, 0.15) is 30.9 Å². The van der Waals surface area contributed by atoms with E-state index in [0.717, 1.165) is 6.42 Å². The van der Waals surface area contributed by atoms with Crippen molar-refractivity contribution in [2.45, 2.75) is 25.3 Å². The van der Waals surface area contributed by atoms with Crippen LogP contribution < -0.4 is 10.5 Å². The molecule has 16 heavy (non-hydrogen) atoms. The van der Waals surface area contributed by atoms with Gasteiger partial charge in [-0.2, -0.15) is 0 Å². The van der Waals surface area contributed by atoms with Crippen molar-refractivity contribution < 1.29 is 9.13 Å². The van der Waals surface area contributed by atoms with E-state index in [9.17, 15) is 4.39 Å². The van der Waals surface area contributed by atoms with Crippen LogP contribution in [0.25, 0.3) is 0 Å². The maximum atomic E-state index is 13.6. The third kappa shape index (κ3) is 3.09. The van der Waals surface area contributed by atoms with E-state index in [2.05, 4.69) is 0 Å². The van der Waals surface area contributed by atoms with Crippen molar-refractivity contribution in [3.8, 4) is 5.75 Å². The molecule has 0 aromatic heterocycles. The quantitative estimate of drug-likeness (QED) is 0.885. The van der Waals surface area contributed by atoms with Gasteiger partial charge in [-0.05, 0) is 18.4 Å². The molecule has 1 aromatic rings. The maximum absolute atomic E-state index is 13.6. The van der Waals surface area contributed by atoms with Crippen LogP contribution >= 0.6 is 12.4 Å². The number of ether oxygens (including phenoxy) is 1. The van der Waals surface area contributed by atoms with Gasteiger partial charge in [-0.1, -0.05) is 18.9 Å². The van der Waals surface area contributed by atoms with Gasteiger partial charge in [0.25, 0.3) is 0 Å². The molecular weight excluding hydrogens is 229 g/mol. The molecule has 0 radical (unpaired) electrons. The lowest BCUT2D eigenvalue weighted by molar-refractivity contribution is 0.409. The highest BCUT2D eigenvalue weighted by atomic mass is 35.5. The van der Waals surface area contributed by atoms with E-state index in [4.69, 9.17) is 10.5 Å². The summed E-state index contributed by atoms with van der Waals surface area (Å²) in [5.74, 6) is 0.985. The summed E-state index contributed by atoms with van der Waals surface area (Å²) in [5.41, 5.74) is 6.55. The Labute approximate surface area is 101 Å². The van der Waals surface area contributed by atoms with Crippen molar-refractivity contribution in [2.75, 3.05) is 7.11 Å². The Morgan fingerprint density at radius 3 is 2.69 bits per heavy atom. The summed E-state index contributed by atoms with van der Waals surface area (Å²) >= 11 is 0. The Kier molecular flexibility index (Phi) is 4.56. The van der Waals surface area contributed by atoms with Gasteiger partial charge in [0.1, 0.15) is 11.6 Å². The lowest BCUT2D eigenvalue weighted by Crippen LogP contribution is -2.12. The van der Waals surface area contributed by atoms with Gasteiger partial charge in [0.15, 0.2) is 0 Å². The van der Waals surface area contributed by atoms with Crippen LogP contribution in [-0.4, -0.2) is 7.11 Å². The topological polar surface area (TPSA) is 35.2 Å². The summed E-state index contributed by atoms with van der Waals surface area (Å²) in [6.07, 6.45) is 3.38. The van der Waals surface area contributed by atoms with E-state index >= 15 is 0 Å². The smallest absolute Gasteiger partial charge is 0.131 e. The molecule has 0 spiro atoms. The Hall–Kier alpha value is -0.800. The molecule has 1 atom stereocenters. The molecule has 2 nitrogen and oxygen atoms in total. The molecule has 2 rings (SSSR count). The van der Waals surface area contributed by atoms with Gasteiger partial charge in [0.2, 0.25) is 0 Å². The molecule has 0 saturated heterocycles. The van der Waals surface area contributed by atoms with Crippen LogP contribution in [0.4, 0.5) is 4.39 Å². The van der Waals surface area contributed by atoms with Gasteiger partial charge in [0.05, 0.1) is 7.11 Å². The molecule has 1 aromatic carbocycles. The number of methoxy groups -OCH3 is 1. The Balaban J connectivity index is 0.00000128. The maximum Gasteiger partial charge on any atom is 0.131 e. The van der Waals surface area contributed by atoms with Crippen molar-refractivity contribution in [3.63, 3.8) is 0 Å². The second-order valence-electron chi connectivity index (χ2n) is 4.17. The normalized spacial score (nSPS) is 16.4. The van der Waals surface area contributed by atoms with Gasteiger partial charge in [-0.25, -0.2) is 4.39 Å². The Bertz CT molecular complexity index is 355. The zero-order valence-corrected chi connectivity index (χ0v) is 10.1. The zero-order valence-electron chi connectivity index (χ0n) is 9.28. The van der Waals surface area contributed by atoms with E-state index in [1.54, 1.807) is 12.1 Å². The van der Waals surface area contributed by atoms with E-state index in [0.29, 0.717) is 17.2 Å². The van der Waals surface area contributed by atoms with Gasteiger partial charge in [-0.3, -0.25) is 0 Å². The molecule has 1 fully saturated rings. The first-order chi connectivity index (χ1) is 7.20. The van der Waals surface area contributed by atoms with Crippen molar-refractivity contribution in [1.29, 1.82) is 0 Å². The SMILES string of the molecule is COc1ccc([C@H](N)CC2CC2)c(F)c1.Cl. The van der Waals surface area contributed by atoms with Gasteiger partial charge in [0, 0.05) is 17.7 Å². The second kappa shape index (κ2) is 5.51. The summed E-state index contributed by atoms with van der Waals surface area (Å²) in [6, 6.07) is 4.69. The van der Waals surface area contributed by atoms with Crippen LogP contribution in [0, 0.1) is 11.7 Å². The predicted molar refractivity (Wildman–Crippen MR) is 64.5 cm³/mol. The van der Waals surface area contributed by atoms with Gasteiger partial charge >= 0.3 is 0 Å². The van der Waals surface area contributed by atoms with Gasteiger partial charge < -0.3 is 10.5 Å². The van der Waals surface area contributed by atoms with Crippen LogP contribution in [0.15, 0.2) is 18.2 Å². The molecule has 2 N–H and O–H groups in total. The molecular formula is C12H17ClFNO. The van der Waals surface area contributed by atoms with E-state index in [1.165, 1.54) is 26.0 Å². The summed E-state index contributed by atoms with van der Waals surface area (Å²) in [7, 11) is 1.53. The minimum Gasteiger partial charge on any atom is -0.497 e. The summed E-state index contributed by atoms with van der Waals surface area (Å²) in [6.45, 7) is 0. The van der Waals surface area contributed by atoms with E-state index in [1.807, 2.05) is 0 Å². The fourth-order valence-corrected chi connectivity index (χ4v) is 1.78. The molecule has 90 valence electrons. The fourth-order valence-electron chi connectivity index (χ4n) is 1.78. The third-order valence-corrected chi connectivity index (χ3v) is 2.89. The number of benzene rings is 1. The first-order valence-electron chi connectivity index (χ1n) is 5.29. The molecule has 0 bridgehead atoms. The van der Waals surface area contributed by atoms with Crippen LogP contribution in [0.3, 0.4) is 0 Å². The van der Waals surface area contributed by atoms with Crippen molar-refractivity contribution in [1.82, 2.24) is 0 Å². The number of hydrogen-bond acceptors (Lipinski definition) is 2. The number of hydrogen-bond donors (Lipinski definition) is 1. The predicted octanol–water partition coefficient (Wildman–Crippen LogP) is 3.06. The number of halogens is 2. The number of nitrogens with two attached hydrogens (primary N) is 1. The largest absolute Gasteiger partial charge is 0.497 e. The first kappa shape index (κ1) is 13.3. The van der Waals surface area contributed by atoms with Gasteiger partial charge in [-0.15, -0.1) is 12.4 Å². The highest BCUT2D eigenvalue weighted by Crippen LogP contribution is 2.37. The minimum absolute atomic E-state index is 0.